The lowest BCUT2D eigenvalue weighted by atomic mass is 10.1. The molecular weight excluding hydrogens is 396 g/mol. The summed E-state index contributed by atoms with van der Waals surface area (Å²) in [7, 11) is 0. The molecule has 0 aliphatic heterocycles. The quantitative estimate of drug-likeness (QED) is 0.354. The minimum atomic E-state index is -0.257. The second-order valence-corrected chi connectivity index (χ2v) is 7.97. The molecule has 0 aliphatic carbocycles. The molecule has 0 spiro atoms. The fraction of sp³-hybridized carbons (Fsp3) is 0.0714. The van der Waals surface area contributed by atoms with E-state index in [0.29, 0.717) is 22.0 Å². The molecule has 0 fully saturated rings. The van der Waals surface area contributed by atoms with Crippen molar-refractivity contribution < 1.29 is 5.11 Å². The largest absolute Gasteiger partial charge is 0.494 e. The first-order valence-electron chi connectivity index (χ1n) is 10.5. The number of hydrogen-bond donors (Lipinski definition) is 1. The number of aromatic nitrogens is 1. The van der Waals surface area contributed by atoms with Gasteiger partial charge in [0.1, 0.15) is 0 Å². The summed E-state index contributed by atoms with van der Waals surface area (Å²) in [6, 6.07) is 27.1. The van der Waals surface area contributed by atoms with Crippen LogP contribution in [0.25, 0.3) is 27.2 Å². The van der Waals surface area contributed by atoms with E-state index in [1.165, 1.54) is 4.57 Å². The standard InChI is InChI=1S/C28H22N2O2/c1-18-14-15-26(19(2)16-18)30-27(31)23-12-6-5-11-22(23)24(28(30)32)17-29-25-13-7-9-20-8-3-4-10-21(20)25/h3-17,32H,1-2H3. The molecule has 1 heterocycles. The van der Waals surface area contributed by atoms with Crippen LogP contribution in [0.3, 0.4) is 0 Å². The first-order chi connectivity index (χ1) is 15.5. The normalized spacial score (nSPS) is 11.6. The maximum Gasteiger partial charge on any atom is 0.265 e. The first-order valence-corrected chi connectivity index (χ1v) is 10.5. The molecule has 0 amide bonds. The SMILES string of the molecule is Cc1ccc(-n2c(O)c(C=Nc3cccc4ccccc34)c3ccccc3c2=O)c(C)c1. The van der Waals surface area contributed by atoms with E-state index in [-0.39, 0.29) is 11.4 Å². The van der Waals surface area contributed by atoms with Crippen molar-refractivity contribution in [3.8, 4) is 11.6 Å². The van der Waals surface area contributed by atoms with Gasteiger partial charge in [0.05, 0.1) is 16.9 Å². The number of rotatable bonds is 3. The van der Waals surface area contributed by atoms with E-state index in [0.717, 1.165) is 27.6 Å². The molecule has 156 valence electrons. The van der Waals surface area contributed by atoms with Crippen molar-refractivity contribution in [3.63, 3.8) is 0 Å². The Bertz CT molecular complexity index is 1570. The van der Waals surface area contributed by atoms with Crippen LogP contribution < -0.4 is 5.56 Å². The highest BCUT2D eigenvalue weighted by Crippen LogP contribution is 2.30. The Labute approximate surface area is 185 Å². The number of nitrogens with zero attached hydrogens (tertiary/aromatic N) is 2. The van der Waals surface area contributed by atoms with Gasteiger partial charge in [-0.3, -0.25) is 9.79 Å². The van der Waals surface area contributed by atoms with E-state index >= 15 is 0 Å². The molecule has 4 heteroatoms. The smallest absolute Gasteiger partial charge is 0.265 e. The van der Waals surface area contributed by atoms with Gasteiger partial charge in [0, 0.05) is 22.4 Å². The minimum Gasteiger partial charge on any atom is -0.494 e. The summed E-state index contributed by atoms with van der Waals surface area (Å²) in [6.45, 7) is 3.94. The number of pyridine rings is 1. The predicted molar refractivity (Wildman–Crippen MR) is 132 cm³/mol. The molecule has 0 bridgehead atoms. The molecule has 0 saturated heterocycles. The van der Waals surface area contributed by atoms with Gasteiger partial charge in [0.2, 0.25) is 5.88 Å². The monoisotopic (exact) mass is 418 g/mol. The van der Waals surface area contributed by atoms with Crippen molar-refractivity contribution in [2.45, 2.75) is 13.8 Å². The van der Waals surface area contributed by atoms with Crippen LogP contribution in [-0.2, 0) is 0 Å². The Kier molecular flexibility index (Phi) is 4.83. The van der Waals surface area contributed by atoms with Crippen molar-refractivity contribution >= 4 is 33.4 Å². The molecule has 1 aromatic heterocycles. The van der Waals surface area contributed by atoms with Crippen LogP contribution in [0.2, 0.25) is 0 Å². The molecule has 0 saturated carbocycles. The summed E-state index contributed by atoms with van der Waals surface area (Å²) >= 11 is 0. The fourth-order valence-electron chi connectivity index (χ4n) is 4.22. The Morgan fingerprint density at radius 1 is 0.812 bits per heavy atom. The molecule has 0 unspecified atom stereocenters. The number of hydrogen-bond acceptors (Lipinski definition) is 3. The van der Waals surface area contributed by atoms with E-state index in [9.17, 15) is 9.90 Å². The third-order valence-electron chi connectivity index (χ3n) is 5.80. The maximum absolute atomic E-state index is 13.3. The van der Waals surface area contributed by atoms with Crippen molar-refractivity contribution in [1.82, 2.24) is 4.57 Å². The van der Waals surface area contributed by atoms with Gasteiger partial charge in [-0.2, -0.15) is 0 Å². The number of aromatic hydroxyl groups is 1. The average Bonchev–Trinajstić information content (AvgIpc) is 2.80. The Morgan fingerprint density at radius 2 is 1.50 bits per heavy atom. The molecule has 4 aromatic carbocycles. The van der Waals surface area contributed by atoms with E-state index in [1.807, 2.05) is 92.7 Å². The van der Waals surface area contributed by atoms with Crippen molar-refractivity contribution in [2.75, 3.05) is 0 Å². The second-order valence-electron chi connectivity index (χ2n) is 7.97. The molecular formula is C28H22N2O2. The molecule has 0 atom stereocenters. The fourth-order valence-corrected chi connectivity index (χ4v) is 4.22. The molecule has 1 N–H and O–H groups in total. The van der Waals surface area contributed by atoms with E-state index in [2.05, 4.69) is 0 Å². The van der Waals surface area contributed by atoms with Crippen LogP contribution >= 0.6 is 0 Å². The van der Waals surface area contributed by atoms with Crippen LogP contribution in [0.1, 0.15) is 16.7 Å². The molecule has 0 aliphatic rings. The van der Waals surface area contributed by atoms with Gasteiger partial charge in [-0.25, -0.2) is 4.57 Å². The highest BCUT2D eigenvalue weighted by Gasteiger charge is 2.17. The van der Waals surface area contributed by atoms with Gasteiger partial charge in [0.25, 0.3) is 5.56 Å². The number of fused-ring (bicyclic) bond motifs is 2. The van der Waals surface area contributed by atoms with Crippen molar-refractivity contribution in [2.24, 2.45) is 4.99 Å². The lowest BCUT2D eigenvalue weighted by Crippen LogP contribution is -2.21. The van der Waals surface area contributed by atoms with Crippen LogP contribution in [0.15, 0.2) is 94.7 Å². The topological polar surface area (TPSA) is 54.6 Å². The third kappa shape index (κ3) is 3.26. The van der Waals surface area contributed by atoms with E-state index in [1.54, 1.807) is 12.3 Å². The van der Waals surface area contributed by atoms with Crippen LogP contribution in [0, 0.1) is 13.8 Å². The van der Waals surface area contributed by atoms with Crippen LogP contribution in [-0.4, -0.2) is 15.9 Å². The molecule has 5 rings (SSSR count). The summed E-state index contributed by atoms with van der Waals surface area (Å²) in [4.78, 5) is 18.1. The molecule has 0 radical (unpaired) electrons. The molecule has 4 nitrogen and oxygen atoms in total. The zero-order valence-electron chi connectivity index (χ0n) is 17.9. The Balaban J connectivity index is 1.78. The number of aryl methyl sites for hydroxylation is 2. The van der Waals surface area contributed by atoms with Crippen molar-refractivity contribution in [1.29, 1.82) is 0 Å². The lowest BCUT2D eigenvalue weighted by molar-refractivity contribution is 0.436. The van der Waals surface area contributed by atoms with Gasteiger partial charge < -0.3 is 5.11 Å². The second kappa shape index (κ2) is 7.82. The van der Waals surface area contributed by atoms with Crippen LogP contribution in [0.5, 0.6) is 5.88 Å². The Hall–Kier alpha value is -4.18. The summed E-state index contributed by atoms with van der Waals surface area (Å²) in [5.74, 6) is -0.121. The van der Waals surface area contributed by atoms with E-state index in [4.69, 9.17) is 4.99 Å². The van der Waals surface area contributed by atoms with Gasteiger partial charge in [-0.15, -0.1) is 0 Å². The van der Waals surface area contributed by atoms with Crippen LogP contribution in [0.4, 0.5) is 5.69 Å². The highest BCUT2D eigenvalue weighted by molar-refractivity contribution is 6.04. The Morgan fingerprint density at radius 3 is 2.28 bits per heavy atom. The average molecular weight is 418 g/mol. The van der Waals surface area contributed by atoms with Gasteiger partial charge >= 0.3 is 0 Å². The third-order valence-corrected chi connectivity index (χ3v) is 5.80. The van der Waals surface area contributed by atoms with Gasteiger partial charge in [-0.05, 0) is 43.0 Å². The van der Waals surface area contributed by atoms with Gasteiger partial charge in [-0.1, -0.05) is 72.3 Å². The number of benzene rings is 4. The maximum atomic E-state index is 13.3. The van der Waals surface area contributed by atoms with E-state index < -0.39 is 0 Å². The van der Waals surface area contributed by atoms with Gasteiger partial charge in [0.15, 0.2) is 0 Å². The lowest BCUT2D eigenvalue weighted by Gasteiger charge is -2.16. The summed E-state index contributed by atoms with van der Waals surface area (Å²) in [6.07, 6.45) is 1.65. The summed E-state index contributed by atoms with van der Waals surface area (Å²) in [5.41, 5.74) is 3.71. The summed E-state index contributed by atoms with van der Waals surface area (Å²) in [5, 5.41) is 14.6. The molecule has 32 heavy (non-hydrogen) atoms. The zero-order valence-corrected chi connectivity index (χ0v) is 17.9. The van der Waals surface area contributed by atoms with Crippen molar-refractivity contribution in [3.05, 3.63) is 112 Å². The first kappa shape index (κ1) is 19.8. The molecule has 5 aromatic rings. The predicted octanol–water partition coefficient (Wildman–Crippen LogP) is 6.22. The number of aliphatic imine (C=N–C) groups is 1. The minimum absolute atomic E-state index is 0.121. The zero-order chi connectivity index (χ0) is 22.2. The highest BCUT2D eigenvalue weighted by atomic mass is 16.3. The summed E-state index contributed by atoms with van der Waals surface area (Å²) < 4.78 is 1.38.